The van der Waals surface area contributed by atoms with Crippen LogP contribution in [0.25, 0.3) is 11.0 Å². The van der Waals surface area contributed by atoms with Crippen molar-refractivity contribution in [3.05, 3.63) is 44.5 Å². The number of nitrogens with zero attached hydrogens (tertiary/aromatic N) is 1. The third-order valence-corrected chi connectivity index (χ3v) is 4.55. The van der Waals surface area contributed by atoms with Gasteiger partial charge in [-0.1, -0.05) is 6.07 Å². The van der Waals surface area contributed by atoms with Gasteiger partial charge in [0, 0.05) is 11.3 Å². The molecule has 2 aromatic rings. The fourth-order valence-corrected chi connectivity index (χ4v) is 2.36. The summed E-state index contributed by atoms with van der Waals surface area (Å²) in [5.41, 5.74) is -0.897. The topological polar surface area (TPSA) is 92.2 Å². The summed E-state index contributed by atoms with van der Waals surface area (Å²) in [5.74, 6) is -1.14. The molecule has 21 heavy (non-hydrogen) atoms. The van der Waals surface area contributed by atoms with Crippen LogP contribution < -0.4 is 11.1 Å². The second-order valence-corrected chi connectivity index (χ2v) is 6.83. The quantitative estimate of drug-likeness (QED) is 0.836. The summed E-state index contributed by atoms with van der Waals surface area (Å²) in [6, 6.07) is 4.55. The third-order valence-electron chi connectivity index (χ3n) is 3.32. The van der Waals surface area contributed by atoms with Gasteiger partial charge >= 0.3 is 17.1 Å². The maximum Gasteiger partial charge on any atom is 0.337 e. The summed E-state index contributed by atoms with van der Waals surface area (Å²) in [7, 11) is 0. The highest BCUT2D eigenvalue weighted by Gasteiger charge is 2.22. The number of carboxylic acid groups (broad SMARTS) is 1. The lowest BCUT2D eigenvalue weighted by molar-refractivity contribution is 0.0698. The molecule has 0 bridgehead atoms. The van der Waals surface area contributed by atoms with Crippen molar-refractivity contribution in [1.82, 2.24) is 9.55 Å². The van der Waals surface area contributed by atoms with Gasteiger partial charge in [0.15, 0.2) is 0 Å². The molecule has 1 aromatic heterocycles. The first-order valence-corrected chi connectivity index (χ1v) is 7.53. The minimum Gasteiger partial charge on any atom is -0.478 e. The zero-order valence-electron chi connectivity index (χ0n) is 12.0. The van der Waals surface area contributed by atoms with Crippen LogP contribution in [0.2, 0.25) is 0 Å². The van der Waals surface area contributed by atoms with E-state index in [0.29, 0.717) is 5.52 Å². The molecule has 0 saturated carbocycles. The van der Waals surface area contributed by atoms with E-state index in [4.69, 9.17) is 0 Å². The number of thioether (sulfide) groups is 1. The van der Waals surface area contributed by atoms with Crippen LogP contribution in [0.3, 0.4) is 0 Å². The first-order valence-electron chi connectivity index (χ1n) is 6.31. The van der Waals surface area contributed by atoms with Crippen LogP contribution >= 0.6 is 11.8 Å². The molecule has 0 fully saturated rings. The summed E-state index contributed by atoms with van der Waals surface area (Å²) in [6.45, 7) is 4.11. The Balaban J connectivity index is 2.89. The average molecular weight is 308 g/mol. The Labute approximate surface area is 124 Å². The zero-order valence-corrected chi connectivity index (χ0v) is 12.8. The smallest absolute Gasteiger partial charge is 0.337 e. The van der Waals surface area contributed by atoms with Crippen LogP contribution in [0.15, 0.2) is 27.8 Å². The van der Waals surface area contributed by atoms with E-state index in [0.717, 1.165) is 0 Å². The van der Waals surface area contributed by atoms with E-state index in [1.807, 2.05) is 20.1 Å². The number of aromatic nitrogens is 2. The number of rotatable bonds is 4. The fourth-order valence-electron chi connectivity index (χ4n) is 2.10. The molecule has 0 unspecified atom stereocenters. The predicted octanol–water partition coefficient (Wildman–Crippen LogP) is 1.53. The first-order chi connectivity index (χ1) is 9.76. The number of benzene rings is 1. The van der Waals surface area contributed by atoms with Crippen LogP contribution in [0.5, 0.6) is 0 Å². The number of hydrogen-bond donors (Lipinski definition) is 2. The maximum atomic E-state index is 12.2. The van der Waals surface area contributed by atoms with Crippen LogP contribution in [0.1, 0.15) is 24.2 Å². The van der Waals surface area contributed by atoms with Gasteiger partial charge in [-0.2, -0.15) is 11.8 Å². The monoisotopic (exact) mass is 308 g/mol. The van der Waals surface area contributed by atoms with Crippen molar-refractivity contribution in [2.24, 2.45) is 0 Å². The molecule has 0 saturated heterocycles. The van der Waals surface area contributed by atoms with Crippen molar-refractivity contribution in [1.29, 1.82) is 0 Å². The van der Waals surface area contributed by atoms with E-state index >= 15 is 0 Å². The van der Waals surface area contributed by atoms with Crippen LogP contribution in [-0.2, 0) is 6.54 Å². The van der Waals surface area contributed by atoms with Crippen LogP contribution in [0.4, 0.5) is 0 Å². The molecule has 7 heteroatoms. The third kappa shape index (κ3) is 2.87. The number of fused-ring (bicyclic) bond motifs is 1. The molecule has 1 heterocycles. The van der Waals surface area contributed by atoms with Crippen molar-refractivity contribution in [2.75, 3.05) is 6.26 Å². The highest BCUT2D eigenvalue weighted by molar-refractivity contribution is 7.99. The van der Waals surface area contributed by atoms with Crippen molar-refractivity contribution < 1.29 is 9.90 Å². The van der Waals surface area contributed by atoms with Gasteiger partial charge in [-0.25, -0.2) is 4.79 Å². The number of nitrogens with one attached hydrogen (secondary N) is 1. The number of aromatic carboxylic acids is 1. The number of para-hydroxylation sites is 1. The van der Waals surface area contributed by atoms with E-state index in [9.17, 15) is 19.5 Å². The molecule has 0 spiro atoms. The van der Waals surface area contributed by atoms with Crippen molar-refractivity contribution in [3.8, 4) is 0 Å². The molecule has 2 rings (SSSR count). The molecule has 0 aliphatic rings. The average Bonchev–Trinajstić information content (AvgIpc) is 2.43. The Kier molecular flexibility index (Phi) is 3.95. The lowest BCUT2D eigenvalue weighted by Crippen LogP contribution is -2.40. The second-order valence-electron chi connectivity index (χ2n) is 5.32. The van der Waals surface area contributed by atoms with Gasteiger partial charge in [0.05, 0.1) is 16.6 Å². The minimum absolute atomic E-state index is 0.00208. The summed E-state index contributed by atoms with van der Waals surface area (Å²) in [5, 5.41) is 9.31. The van der Waals surface area contributed by atoms with Crippen molar-refractivity contribution in [2.45, 2.75) is 25.1 Å². The molecule has 6 nitrogen and oxygen atoms in total. The predicted molar refractivity (Wildman–Crippen MR) is 83.4 cm³/mol. The molecule has 2 N–H and O–H groups in total. The second kappa shape index (κ2) is 5.40. The van der Waals surface area contributed by atoms with Gasteiger partial charge in [0.1, 0.15) is 0 Å². The number of H-pyrrole nitrogens is 1. The molecule has 0 atom stereocenters. The molecule has 0 aliphatic carbocycles. The standard InChI is InChI=1S/C14H16N2O4S/c1-14(2,21-3)7-16-10-8(13(19)20)5-4-6-9(10)15-11(17)12(16)18/h4-6H,7H2,1-3H3,(H,15,17)(H,19,20). The van der Waals surface area contributed by atoms with Gasteiger partial charge in [-0.05, 0) is 32.2 Å². The lowest BCUT2D eigenvalue weighted by Gasteiger charge is -2.24. The number of carboxylic acids is 1. The van der Waals surface area contributed by atoms with E-state index in [1.54, 1.807) is 6.07 Å². The van der Waals surface area contributed by atoms with Crippen molar-refractivity contribution >= 4 is 28.8 Å². The molecular weight excluding hydrogens is 292 g/mol. The summed E-state index contributed by atoms with van der Waals surface area (Å²) < 4.78 is 0.949. The minimum atomic E-state index is -1.14. The van der Waals surface area contributed by atoms with Gasteiger partial charge in [-0.15, -0.1) is 0 Å². The van der Waals surface area contributed by atoms with Gasteiger partial charge in [-0.3, -0.25) is 14.2 Å². The Morgan fingerprint density at radius 1 is 1.38 bits per heavy atom. The van der Waals surface area contributed by atoms with Crippen LogP contribution in [0, 0.1) is 0 Å². The largest absolute Gasteiger partial charge is 0.478 e. The van der Waals surface area contributed by atoms with E-state index in [2.05, 4.69) is 4.98 Å². The van der Waals surface area contributed by atoms with Gasteiger partial charge < -0.3 is 10.1 Å². The molecule has 0 radical (unpaired) electrons. The van der Waals surface area contributed by atoms with E-state index in [-0.39, 0.29) is 22.4 Å². The maximum absolute atomic E-state index is 12.2. The number of aromatic amines is 1. The molecule has 0 aliphatic heterocycles. The fraction of sp³-hybridized carbons (Fsp3) is 0.357. The van der Waals surface area contributed by atoms with E-state index in [1.165, 1.54) is 28.5 Å². The zero-order chi connectivity index (χ0) is 15.8. The molecule has 0 amide bonds. The molecule has 112 valence electrons. The summed E-state index contributed by atoms with van der Waals surface area (Å²) >= 11 is 1.54. The SMILES string of the molecule is CSC(C)(C)Cn1c(=O)c(=O)[nH]c2cccc(C(=O)O)c21. The molecule has 1 aromatic carbocycles. The Hall–Kier alpha value is -2.02. The van der Waals surface area contributed by atoms with Crippen molar-refractivity contribution in [3.63, 3.8) is 0 Å². The van der Waals surface area contributed by atoms with Gasteiger partial charge in [0.2, 0.25) is 0 Å². The summed E-state index contributed by atoms with van der Waals surface area (Å²) in [6.07, 6.45) is 1.90. The summed E-state index contributed by atoms with van der Waals surface area (Å²) in [4.78, 5) is 37.8. The first kappa shape index (κ1) is 15.4. The lowest BCUT2D eigenvalue weighted by atomic mass is 10.1. The van der Waals surface area contributed by atoms with E-state index < -0.39 is 17.1 Å². The Bertz CT molecular complexity index is 820. The van der Waals surface area contributed by atoms with Gasteiger partial charge in [0.25, 0.3) is 0 Å². The Morgan fingerprint density at radius 2 is 2.05 bits per heavy atom. The van der Waals surface area contributed by atoms with Crippen LogP contribution in [-0.4, -0.2) is 31.6 Å². The number of hydrogen-bond acceptors (Lipinski definition) is 4. The molecular formula is C14H16N2O4S. The Morgan fingerprint density at radius 3 is 2.62 bits per heavy atom. The highest BCUT2D eigenvalue weighted by Crippen LogP contribution is 2.25. The normalized spacial score (nSPS) is 11.8. The highest BCUT2D eigenvalue weighted by atomic mass is 32.2. The number of carbonyl (C=O) groups is 1.